The first-order chi connectivity index (χ1) is 21.5. The van der Waals surface area contributed by atoms with Gasteiger partial charge in [0.05, 0.1) is 0 Å². The quantitative estimate of drug-likeness (QED) is 0.0918. The van der Waals surface area contributed by atoms with Gasteiger partial charge < -0.3 is 18.9 Å². The summed E-state index contributed by atoms with van der Waals surface area (Å²) >= 11 is 0. The van der Waals surface area contributed by atoms with Crippen molar-refractivity contribution in [2.75, 3.05) is 0 Å². The maximum atomic E-state index is 13.6. The van der Waals surface area contributed by atoms with E-state index in [-0.39, 0.29) is 41.2 Å². The monoisotopic (exact) mass is 638 g/mol. The van der Waals surface area contributed by atoms with Crippen LogP contribution in [0.5, 0.6) is 0 Å². The summed E-state index contributed by atoms with van der Waals surface area (Å²) in [6, 6.07) is 0. The zero-order valence-corrected chi connectivity index (χ0v) is 30.2. The first-order valence-corrected chi connectivity index (χ1v) is 18.8. The molecule has 8 rings (SSSR count). The van der Waals surface area contributed by atoms with E-state index in [0.29, 0.717) is 42.3 Å². The number of rotatable bonds is 12. The van der Waals surface area contributed by atoms with Crippen molar-refractivity contribution in [1.82, 2.24) is 0 Å². The van der Waals surface area contributed by atoms with Gasteiger partial charge in [0.25, 0.3) is 0 Å². The molecule has 8 aliphatic rings. The topological polar surface area (TPSA) is 71.1 Å². The number of carbonyl (C=O) groups is 2. The lowest BCUT2D eigenvalue weighted by atomic mass is 9.54. The molecule has 2 unspecified atom stereocenters. The van der Waals surface area contributed by atoms with Crippen molar-refractivity contribution in [3.05, 3.63) is 17.4 Å². The van der Waals surface area contributed by atoms with Crippen LogP contribution in [0.4, 0.5) is 0 Å². The fraction of sp³-hybridized carbons (Fsp3) is 0.875. The second-order valence-corrected chi connectivity index (χ2v) is 18.9. The van der Waals surface area contributed by atoms with E-state index < -0.39 is 11.2 Å². The zero-order chi connectivity index (χ0) is 33.1. The molecule has 2 atom stereocenters. The summed E-state index contributed by atoms with van der Waals surface area (Å²) in [5.74, 6) is 4.66. The maximum absolute atomic E-state index is 13.6. The molecule has 0 radical (unpaired) electrons. The summed E-state index contributed by atoms with van der Waals surface area (Å²) in [6.45, 7) is 16.4. The lowest BCUT2D eigenvalue weighted by molar-refractivity contribution is -0.187. The van der Waals surface area contributed by atoms with Gasteiger partial charge in [-0.2, -0.15) is 0 Å². The number of ketones is 1. The molecule has 8 aliphatic carbocycles. The van der Waals surface area contributed by atoms with Gasteiger partial charge in [-0.05, 0) is 167 Å². The van der Waals surface area contributed by atoms with Crippen molar-refractivity contribution in [3.8, 4) is 0 Å². The third-order valence-electron chi connectivity index (χ3n) is 12.0. The molecule has 6 heteroatoms. The van der Waals surface area contributed by atoms with Crippen molar-refractivity contribution < 1.29 is 28.5 Å². The van der Waals surface area contributed by atoms with E-state index in [9.17, 15) is 9.59 Å². The maximum Gasteiger partial charge on any atom is 0.332 e. The van der Waals surface area contributed by atoms with Gasteiger partial charge in [0.1, 0.15) is 40.4 Å². The molecule has 6 nitrogen and oxygen atoms in total. The van der Waals surface area contributed by atoms with E-state index in [1.165, 1.54) is 38.5 Å². The van der Waals surface area contributed by atoms with E-state index in [1.54, 1.807) is 0 Å². The van der Waals surface area contributed by atoms with E-state index in [4.69, 9.17) is 18.9 Å². The number of allylic oxidation sites excluding steroid dienone is 1. The van der Waals surface area contributed by atoms with Crippen LogP contribution in [-0.4, -0.2) is 34.2 Å². The fourth-order valence-corrected chi connectivity index (χ4v) is 11.2. The number of ether oxygens (including phenoxy) is 4. The number of hydrogen-bond acceptors (Lipinski definition) is 6. The van der Waals surface area contributed by atoms with Crippen LogP contribution in [0.25, 0.3) is 0 Å². The highest BCUT2D eigenvalue weighted by Gasteiger charge is 2.54. The fourth-order valence-electron chi connectivity index (χ4n) is 11.2. The third-order valence-corrected chi connectivity index (χ3v) is 12.0. The lowest BCUT2D eigenvalue weighted by Crippen LogP contribution is -2.52. The Bertz CT molecular complexity index is 1150. The van der Waals surface area contributed by atoms with Crippen molar-refractivity contribution >= 4 is 11.8 Å². The van der Waals surface area contributed by atoms with Crippen LogP contribution >= 0.6 is 0 Å². The molecule has 0 heterocycles. The molecular formula is C40H62O6. The summed E-state index contributed by atoms with van der Waals surface area (Å²) in [4.78, 5) is 26.8. The number of hydrogen-bond donors (Lipinski definition) is 0. The number of carbonyl (C=O) groups excluding carboxylic acids is 2. The van der Waals surface area contributed by atoms with Gasteiger partial charge in [0.2, 0.25) is 0 Å². The van der Waals surface area contributed by atoms with Crippen LogP contribution in [0.2, 0.25) is 0 Å². The Kier molecular flexibility index (Phi) is 9.22. The van der Waals surface area contributed by atoms with Gasteiger partial charge in [0.15, 0.2) is 0 Å². The summed E-state index contributed by atoms with van der Waals surface area (Å²) in [7, 11) is 0. The van der Waals surface area contributed by atoms with Crippen molar-refractivity contribution in [2.45, 2.75) is 174 Å². The predicted molar refractivity (Wildman–Crippen MR) is 178 cm³/mol. The summed E-state index contributed by atoms with van der Waals surface area (Å²) in [6.07, 6.45) is 15.2. The Labute approximate surface area is 278 Å². The molecule has 0 aromatic carbocycles. The molecule has 0 amide bonds. The van der Waals surface area contributed by atoms with E-state index in [2.05, 4.69) is 12.7 Å². The zero-order valence-electron chi connectivity index (χ0n) is 30.2. The molecule has 0 aromatic heterocycles. The molecule has 46 heavy (non-hydrogen) atoms. The van der Waals surface area contributed by atoms with Crippen molar-refractivity contribution in [3.63, 3.8) is 0 Å². The van der Waals surface area contributed by atoms with Crippen LogP contribution in [-0.2, 0) is 28.5 Å². The normalized spacial score (nSPS) is 36.9. The Morgan fingerprint density at radius 2 is 1.11 bits per heavy atom. The molecule has 8 bridgehead atoms. The predicted octanol–water partition coefficient (Wildman–Crippen LogP) is 9.45. The second-order valence-electron chi connectivity index (χ2n) is 18.9. The molecule has 8 fully saturated rings. The minimum absolute atomic E-state index is 0.0286. The smallest absolute Gasteiger partial charge is 0.332 e. The molecule has 258 valence electrons. The number of esters is 1. The van der Waals surface area contributed by atoms with Crippen LogP contribution in [0.3, 0.4) is 0 Å². The lowest BCUT2D eigenvalue weighted by Gasteiger charge is -2.56. The average Bonchev–Trinajstić information content (AvgIpc) is 2.87. The van der Waals surface area contributed by atoms with Gasteiger partial charge in [-0.25, -0.2) is 0 Å². The first-order valence-electron chi connectivity index (χ1n) is 18.8. The minimum Gasteiger partial charge on any atom is -0.484 e. The molecule has 0 saturated heterocycles. The largest absolute Gasteiger partial charge is 0.484 e. The van der Waals surface area contributed by atoms with Crippen LogP contribution < -0.4 is 0 Å². The minimum atomic E-state index is -0.461. The average molecular weight is 639 g/mol. The number of Topliss-reactive ketones (excluding diaryl/α,β-unsaturated/α-hetero) is 1. The van der Waals surface area contributed by atoms with Crippen molar-refractivity contribution in [2.24, 2.45) is 47.3 Å². The highest BCUT2D eigenvalue weighted by atomic mass is 16.7. The Balaban J connectivity index is 1.17. The summed E-state index contributed by atoms with van der Waals surface area (Å²) in [5, 5.41) is 0. The van der Waals surface area contributed by atoms with Crippen molar-refractivity contribution in [1.29, 1.82) is 0 Å². The standard InChI is InChI=1S/C40H62O6/c1-9-32(33(41)17-35(42)44-39-19-26-11-27(20-39)13-28(12-26)21-39)10-25(2)34(43-37(3,4)5)18-36(45-38(6,7)8)46-40-22-29-14-30(23-40)16-31(15-29)24-40/h25-32H,9-17,19-24H2,1-8H3. The van der Waals surface area contributed by atoms with Gasteiger partial charge in [-0.15, -0.1) is 0 Å². The van der Waals surface area contributed by atoms with Gasteiger partial charge >= 0.3 is 11.9 Å². The van der Waals surface area contributed by atoms with E-state index in [1.807, 2.05) is 48.5 Å². The van der Waals surface area contributed by atoms with Gasteiger partial charge in [-0.1, -0.05) is 13.8 Å². The van der Waals surface area contributed by atoms with E-state index >= 15 is 0 Å². The third kappa shape index (κ3) is 8.01. The van der Waals surface area contributed by atoms with Crippen LogP contribution in [0.1, 0.15) is 152 Å². The van der Waals surface area contributed by atoms with Gasteiger partial charge in [0, 0.05) is 17.6 Å². The second kappa shape index (κ2) is 12.5. The molecule has 0 N–H and O–H groups in total. The summed E-state index contributed by atoms with van der Waals surface area (Å²) < 4.78 is 26.2. The Morgan fingerprint density at radius 1 is 0.696 bits per heavy atom. The molecule has 0 spiro atoms. The molecule has 0 aliphatic heterocycles. The molecule has 0 aromatic rings. The molecular weight excluding hydrogens is 576 g/mol. The van der Waals surface area contributed by atoms with Crippen LogP contribution in [0, 0.1) is 47.3 Å². The molecule has 8 saturated carbocycles. The Hall–Kier alpha value is -1.94. The van der Waals surface area contributed by atoms with Gasteiger partial charge in [-0.3, -0.25) is 9.59 Å². The Morgan fingerprint density at radius 3 is 1.50 bits per heavy atom. The van der Waals surface area contributed by atoms with E-state index in [0.717, 1.165) is 56.3 Å². The SMILES string of the molecule is CCC(CC(C)C(=C=C(OC(C)(C)C)OC12CC3CC(CC(C3)C1)C2)OC(C)(C)C)C(=O)CC(=O)OC12CC3CC(CC(C3)C1)C2. The highest BCUT2D eigenvalue weighted by molar-refractivity contribution is 5.97. The van der Waals surface area contributed by atoms with Crippen LogP contribution in [0.15, 0.2) is 17.4 Å². The summed E-state index contributed by atoms with van der Waals surface area (Å²) in [5.41, 5.74) is 2.08. The first kappa shape index (κ1) is 33.9. The highest BCUT2D eigenvalue weighted by Crippen LogP contribution is 2.58.